The van der Waals surface area contributed by atoms with Gasteiger partial charge in [0.2, 0.25) is 0 Å². The van der Waals surface area contributed by atoms with E-state index in [0.717, 1.165) is 0 Å². The van der Waals surface area contributed by atoms with Crippen molar-refractivity contribution < 1.29 is 0 Å². The minimum absolute atomic E-state index is 0.446. The summed E-state index contributed by atoms with van der Waals surface area (Å²) in [6, 6.07) is 32.3. The summed E-state index contributed by atoms with van der Waals surface area (Å²) >= 11 is 0. The lowest BCUT2D eigenvalue weighted by molar-refractivity contribution is 1.74. The Morgan fingerprint density at radius 1 is 0.368 bits per heavy atom. The van der Waals surface area contributed by atoms with E-state index >= 15 is 0 Å². The molecule has 3 rings (SSSR count). The summed E-state index contributed by atoms with van der Waals surface area (Å²) in [5.41, 5.74) is 0. The molecule has 1 heteroatoms. The second kappa shape index (κ2) is 5.82. The summed E-state index contributed by atoms with van der Waals surface area (Å²) in [6.07, 6.45) is 0. The van der Waals surface area contributed by atoms with Crippen molar-refractivity contribution in [3.8, 4) is 0 Å². The molecule has 0 aliphatic carbocycles. The van der Waals surface area contributed by atoms with Crippen LogP contribution in [0.15, 0.2) is 91.0 Å². The molecule has 3 aromatic rings. The Labute approximate surface area is 115 Å². The van der Waals surface area contributed by atoms with Crippen LogP contribution < -0.4 is 15.9 Å². The van der Waals surface area contributed by atoms with E-state index in [9.17, 15) is 0 Å². The molecule has 0 N–H and O–H groups in total. The minimum atomic E-state index is -0.446. The smallest absolute Gasteiger partial charge is 0.0134 e. The predicted molar refractivity (Wildman–Crippen MR) is 85.1 cm³/mol. The topological polar surface area (TPSA) is 0 Å². The Balaban J connectivity index is 2.12. The van der Waals surface area contributed by atoms with Gasteiger partial charge in [-0.3, -0.25) is 0 Å². The van der Waals surface area contributed by atoms with E-state index in [1.54, 1.807) is 0 Å². The maximum Gasteiger partial charge on any atom is -0.0134 e. The lowest BCUT2D eigenvalue weighted by Gasteiger charge is -2.18. The fraction of sp³-hybridized carbons (Fsp3) is 0. The van der Waals surface area contributed by atoms with Gasteiger partial charge in [-0.15, -0.1) is 0 Å². The summed E-state index contributed by atoms with van der Waals surface area (Å²) < 4.78 is 0. The van der Waals surface area contributed by atoms with E-state index < -0.39 is 7.92 Å². The highest BCUT2D eigenvalue weighted by Crippen LogP contribution is 2.32. The van der Waals surface area contributed by atoms with Gasteiger partial charge in [0.15, 0.2) is 0 Å². The first-order chi connectivity index (χ1) is 9.45. The van der Waals surface area contributed by atoms with Crippen molar-refractivity contribution in [2.24, 2.45) is 0 Å². The van der Waals surface area contributed by atoms with Gasteiger partial charge in [0.1, 0.15) is 0 Å². The van der Waals surface area contributed by atoms with Gasteiger partial charge in [-0.05, 0) is 23.8 Å². The normalized spacial score (nSPS) is 10.6. The molecule has 0 bridgehead atoms. The molecule has 0 nitrogen and oxygen atoms in total. The van der Waals surface area contributed by atoms with Crippen molar-refractivity contribution in [3.63, 3.8) is 0 Å². The van der Waals surface area contributed by atoms with E-state index in [0.29, 0.717) is 0 Å². The molecular weight excluding hydrogens is 226 g/mol. The highest BCUT2D eigenvalue weighted by atomic mass is 13.9. The molecule has 0 aliphatic rings. The zero-order valence-electron chi connectivity index (χ0n) is 10.6. The zero-order valence-corrected chi connectivity index (χ0v) is 11.5. The third-order valence-electron chi connectivity index (χ3n) is 3.04. The summed E-state index contributed by atoms with van der Waals surface area (Å²) in [6.45, 7) is 0. The van der Waals surface area contributed by atoms with Gasteiger partial charge in [-0.25, -0.2) is 0 Å². The molecule has 0 spiro atoms. The van der Waals surface area contributed by atoms with Crippen LogP contribution in [0.5, 0.6) is 0 Å². The van der Waals surface area contributed by atoms with Gasteiger partial charge in [0.05, 0.1) is 0 Å². The van der Waals surface area contributed by atoms with Crippen LogP contribution >= 0.6 is 7.92 Å². The molecule has 19 heavy (non-hydrogen) atoms. The van der Waals surface area contributed by atoms with Gasteiger partial charge >= 0.3 is 0 Å². The van der Waals surface area contributed by atoms with Crippen molar-refractivity contribution in [2.75, 3.05) is 0 Å². The van der Waals surface area contributed by atoms with Crippen molar-refractivity contribution in [2.45, 2.75) is 0 Å². The first-order valence-electron chi connectivity index (χ1n) is 6.40. The Hall–Kier alpha value is -1.91. The quantitative estimate of drug-likeness (QED) is 0.616. The molecule has 0 saturated carbocycles. The molecule has 0 amide bonds. The lowest BCUT2D eigenvalue weighted by atomic mass is 8.88. The first kappa shape index (κ1) is 12.1. The molecule has 0 aromatic heterocycles. The molecule has 3 aromatic carbocycles. The van der Waals surface area contributed by atoms with Crippen LogP contribution in [0.25, 0.3) is 0 Å². The SMILES string of the molecule is c1ccc([10P](c2ccccc2)c2ccccc2)cc1. The summed E-state index contributed by atoms with van der Waals surface area (Å²) in [5.74, 6) is 0. The molecule has 0 aliphatic heterocycles. The van der Waals surface area contributed by atoms with Gasteiger partial charge in [0, 0.05) is 0 Å². The maximum atomic E-state index is 2.23. The number of rotatable bonds is 3. The Bertz CT molecular complexity index is 524. The van der Waals surface area contributed by atoms with E-state index in [2.05, 4.69) is 91.0 Å². The fourth-order valence-electron chi connectivity index (χ4n) is 2.18. The van der Waals surface area contributed by atoms with E-state index in [1.807, 2.05) is 0 Å². The van der Waals surface area contributed by atoms with Crippen molar-refractivity contribution in [1.82, 2.24) is 0 Å². The Morgan fingerprint density at radius 2 is 0.632 bits per heavy atom. The zero-order chi connectivity index (χ0) is 12.9. The molecule has 0 unspecified atom stereocenters. The van der Waals surface area contributed by atoms with Crippen LogP contribution in [-0.2, 0) is 0 Å². The average molecular weight is 241 g/mol. The minimum Gasteiger partial charge on any atom is -0.0622 e. The van der Waals surface area contributed by atoms with Crippen molar-refractivity contribution in [1.29, 1.82) is 0 Å². The Kier molecular flexibility index (Phi) is 3.72. The molecule has 92 valence electrons. The fourth-order valence-corrected chi connectivity index (χ4v) is 4.48. The van der Waals surface area contributed by atoms with Crippen LogP contribution in [0, 0.1) is 0 Å². The van der Waals surface area contributed by atoms with Crippen LogP contribution in [0.3, 0.4) is 0 Å². The largest absolute Gasteiger partial charge is 0.0622 e. The summed E-state index contributed by atoms with van der Waals surface area (Å²) in [4.78, 5) is 0. The summed E-state index contributed by atoms with van der Waals surface area (Å²) in [5, 5.41) is 4.19. The first-order valence-corrected chi connectivity index (χ1v) is 7.74. The molecule has 0 saturated heterocycles. The number of hydrogen-bond acceptors (Lipinski definition) is 0. The lowest BCUT2D eigenvalue weighted by Crippen LogP contribution is -2.20. The van der Waals surface area contributed by atoms with Crippen LogP contribution in [0.1, 0.15) is 0 Å². The van der Waals surface area contributed by atoms with Gasteiger partial charge < -0.3 is 0 Å². The number of benzene rings is 3. The van der Waals surface area contributed by atoms with Crippen molar-refractivity contribution in [3.05, 3.63) is 91.0 Å². The molecule has 0 radical (unpaired) electrons. The van der Waals surface area contributed by atoms with Crippen LogP contribution in [0.4, 0.5) is 0 Å². The van der Waals surface area contributed by atoms with Gasteiger partial charge in [-0.2, -0.15) is 0 Å². The summed E-state index contributed by atoms with van der Waals surface area (Å²) in [7, 11) is -0.446. The van der Waals surface area contributed by atoms with Crippen LogP contribution in [0.2, 0.25) is 0 Å². The van der Waals surface area contributed by atoms with Gasteiger partial charge in [0.25, 0.3) is 0 Å². The predicted octanol–water partition coefficient (Wildman–Crippen LogP) is 3.44. The van der Waals surface area contributed by atoms with Gasteiger partial charge in [-0.1, -0.05) is 91.0 Å². The average Bonchev–Trinajstić information content (AvgIpc) is 2.51. The molecule has 0 fully saturated rings. The third kappa shape index (κ3) is 2.75. The number of hydrogen-bond donors (Lipinski definition) is 0. The molecular formula is C18H15P. The second-order valence-electron chi connectivity index (χ2n) is 4.34. The van der Waals surface area contributed by atoms with Crippen molar-refractivity contribution >= 4 is 23.8 Å². The maximum absolute atomic E-state index is 2.23. The molecule has 0 heterocycles. The highest BCUT2D eigenvalue weighted by Gasteiger charge is 2.14. The Morgan fingerprint density at radius 3 is 0.895 bits per heavy atom. The monoisotopic (exact) mass is 241 g/mol. The standard InChI is InChI=1S/C18H15P/c1-4-10-16(11-5-1)19(17-12-6-2-7-13-17)18-14-8-3-9-15-18/h1-15H/i19-21. The van der Waals surface area contributed by atoms with E-state index in [-0.39, 0.29) is 0 Å². The third-order valence-corrected chi connectivity index (χ3v) is 5.49. The van der Waals surface area contributed by atoms with E-state index in [4.69, 9.17) is 0 Å². The van der Waals surface area contributed by atoms with Crippen LogP contribution in [-0.4, -0.2) is 0 Å². The molecule has 0 atom stereocenters. The highest BCUT2D eigenvalue weighted by molar-refractivity contribution is 7.79. The van der Waals surface area contributed by atoms with E-state index in [1.165, 1.54) is 15.9 Å². The second-order valence-corrected chi connectivity index (χ2v) is 6.56.